The van der Waals surface area contributed by atoms with E-state index in [9.17, 15) is 0 Å². The summed E-state index contributed by atoms with van der Waals surface area (Å²) in [6.07, 6.45) is 9.84. The van der Waals surface area contributed by atoms with Crippen LogP contribution in [0.25, 0.3) is 0 Å². The quantitative estimate of drug-likeness (QED) is 0.810. The van der Waals surface area contributed by atoms with Crippen molar-refractivity contribution in [2.24, 2.45) is 5.92 Å². The summed E-state index contributed by atoms with van der Waals surface area (Å²) in [7, 11) is 0. The lowest BCUT2D eigenvalue weighted by atomic mass is 9.85. The third kappa shape index (κ3) is 3.96. The summed E-state index contributed by atoms with van der Waals surface area (Å²) in [6.45, 7) is 8.52. The number of hydrogen-bond acceptors (Lipinski definition) is 2. The van der Waals surface area contributed by atoms with Gasteiger partial charge in [-0.3, -0.25) is 4.90 Å². The van der Waals surface area contributed by atoms with Crippen LogP contribution in [0.2, 0.25) is 0 Å². The topological polar surface area (TPSA) is 15.3 Å². The lowest BCUT2D eigenvalue weighted by Gasteiger charge is -2.41. The number of piperidine rings is 1. The van der Waals surface area contributed by atoms with Crippen LogP contribution >= 0.6 is 0 Å². The molecule has 2 nitrogen and oxygen atoms in total. The van der Waals surface area contributed by atoms with Gasteiger partial charge in [-0.05, 0) is 64.0 Å². The molecule has 0 bridgehead atoms. The molecule has 0 aromatic heterocycles. The van der Waals surface area contributed by atoms with Crippen molar-refractivity contribution in [2.75, 3.05) is 19.6 Å². The van der Waals surface area contributed by atoms with Gasteiger partial charge >= 0.3 is 0 Å². The summed E-state index contributed by atoms with van der Waals surface area (Å²) in [5, 5.41) is 3.71. The molecule has 1 atom stereocenters. The van der Waals surface area contributed by atoms with Gasteiger partial charge in [0.15, 0.2) is 0 Å². The predicted molar refractivity (Wildman–Crippen MR) is 74.3 cm³/mol. The molecule has 1 saturated carbocycles. The van der Waals surface area contributed by atoms with E-state index in [1.165, 1.54) is 64.6 Å². The highest BCUT2D eigenvalue weighted by atomic mass is 15.2. The van der Waals surface area contributed by atoms with Crippen LogP contribution in [0.5, 0.6) is 0 Å². The van der Waals surface area contributed by atoms with E-state index in [1.807, 2.05) is 0 Å². The predicted octanol–water partition coefficient (Wildman–Crippen LogP) is 3.03. The summed E-state index contributed by atoms with van der Waals surface area (Å²) < 4.78 is 0. The van der Waals surface area contributed by atoms with Crippen LogP contribution in [0.3, 0.4) is 0 Å². The van der Waals surface area contributed by atoms with Gasteiger partial charge in [0.2, 0.25) is 0 Å². The molecular formula is C15H30N2. The van der Waals surface area contributed by atoms with Crippen molar-refractivity contribution in [2.45, 2.75) is 70.9 Å². The molecule has 1 aliphatic heterocycles. The molecule has 1 aliphatic carbocycles. The number of likely N-dealkylation sites (tertiary alicyclic amines) is 1. The minimum Gasteiger partial charge on any atom is -0.313 e. The summed E-state index contributed by atoms with van der Waals surface area (Å²) in [5.74, 6) is 0.977. The van der Waals surface area contributed by atoms with Crippen molar-refractivity contribution in [3.63, 3.8) is 0 Å². The highest BCUT2D eigenvalue weighted by Crippen LogP contribution is 2.28. The molecule has 2 fully saturated rings. The number of rotatable bonds is 4. The standard InChI is InChI=1S/C15H30N2/c1-3-10-16-14-5-4-11-17(12-14)15-8-6-13(2)7-9-15/h13-16H,3-12H2,1-2H3. The molecule has 2 heteroatoms. The Morgan fingerprint density at radius 1 is 1.12 bits per heavy atom. The molecule has 0 amide bonds. The van der Waals surface area contributed by atoms with Gasteiger partial charge in [0.1, 0.15) is 0 Å². The van der Waals surface area contributed by atoms with Crippen LogP contribution in [-0.2, 0) is 0 Å². The van der Waals surface area contributed by atoms with E-state index in [0.717, 1.165) is 18.0 Å². The molecule has 0 aromatic carbocycles. The van der Waals surface area contributed by atoms with Crippen molar-refractivity contribution in [3.05, 3.63) is 0 Å². The third-order valence-electron chi connectivity index (χ3n) is 4.64. The zero-order chi connectivity index (χ0) is 12.1. The second-order valence-electron chi connectivity index (χ2n) is 6.20. The van der Waals surface area contributed by atoms with Crippen molar-refractivity contribution < 1.29 is 0 Å². The Morgan fingerprint density at radius 3 is 2.59 bits per heavy atom. The first-order valence-corrected chi connectivity index (χ1v) is 7.77. The monoisotopic (exact) mass is 238 g/mol. The van der Waals surface area contributed by atoms with Crippen LogP contribution in [0.4, 0.5) is 0 Å². The molecule has 1 saturated heterocycles. The first kappa shape index (κ1) is 13.4. The fourth-order valence-electron chi connectivity index (χ4n) is 3.46. The van der Waals surface area contributed by atoms with E-state index in [1.54, 1.807) is 0 Å². The van der Waals surface area contributed by atoms with Gasteiger partial charge in [-0.25, -0.2) is 0 Å². The van der Waals surface area contributed by atoms with Crippen LogP contribution in [0.1, 0.15) is 58.8 Å². The van der Waals surface area contributed by atoms with E-state index in [0.29, 0.717) is 0 Å². The van der Waals surface area contributed by atoms with Crippen LogP contribution in [0.15, 0.2) is 0 Å². The lowest BCUT2D eigenvalue weighted by Crippen LogP contribution is -2.50. The summed E-state index contributed by atoms with van der Waals surface area (Å²) in [6, 6.07) is 1.67. The van der Waals surface area contributed by atoms with Gasteiger partial charge in [-0.2, -0.15) is 0 Å². The molecule has 1 N–H and O–H groups in total. The summed E-state index contributed by atoms with van der Waals surface area (Å²) in [4.78, 5) is 2.78. The Morgan fingerprint density at radius 2 is 1.88 bits per heavy atom. The SMILES string of the molecule is CCCNC1CCCN(C2CCC(C)CC2)C1. The molecular weight excluding hydrogens is 208 g/mol. The first-order valence-electron chi connectivity index (χ1n) is 7.77. The van der Waals surface area contributed by atoms with Gasteiger partial charge in [0.05, 0.1) is 0 Å². The molecule has 0 radical (unpaired) electrons. The molecule has 0 spiro atoms. The van der Waals surface area contributed by atoms with Crippen LogP contribution < -0.4 is 5.32 Å². The zero-order valence-corrected chi connectivity index (χ0v) is 11.8. The van der Waals surface area contributed by atoms with E-state index in [4.69, 9.17) is 0 Å². The maximum absolute atomic E-state index is 3.71. The molecule has 1 unspecified atom stereocenters. The molecule has 17 heavy (non-hydrogen) atoms. The highest BCUT2D eigenvalue weighted by Gasteiger charge is 2.27. The van der Waals surface area contributed by atoms with Crippen LogP contribution in [-0.4, -0.2) is 36.6 Å². The smallest absolute Gasteiger partial charge is 0.0195 e. The average Bonchev–Trinajstić information content (AvgIpc) is 2.37. The molecule has 100 valence electrons. The third-order valence-corrected chi connectivity index (χ3v) is 4.64. The van der Waals surface area contributed by atoms with Crippen molar-refractivity contribution in [3.8, 4) is 0 Å². The average molecular weight is 238 g/mol. The minimum atomic E-state index is 0.767. The first-order chi connectivity index (χ1) is 8.29. The van der Waals surface area contributed by atoms with Gasteiger partial charge < -0.3 is 5.32 Å². The van der Waals surface area contributed by atoms with Gasteiger partial charge in [-0.15, -0.1) is 0 Å². The second-order valence-corrected chi connectivity index (χ2v) is 6.20. The maximum atomic E-state index is 3.71. The van der Waals surface area contributed by atoms with Crippen molar-refractivity contribution >= 4 is 0 Å². The van der Waals surface area contributed by atoms with Crippen molar-refractivity contribution in [1.29, 1.82) is 0 Å². The zero-order valence-electron chi connectivity index (χ0n) is 11.8. The highest BCUT2D eigenvalue weighted by molar-refractivity contribution is 4.85. The fourth-order valence-corrected chi connectivity index (χ4v) is 3.46. The maximum Gasteiger partial charge on any atom is 0.0195 e. The number of nitrogens with one attached hydrogen (secondary N) is 1. The summed E-state index contributed by atoms with van der Waals surface area (Å²) in [5.41, 5.74) is 0. The Labute approximate surface area is 107 Å². The van der Waals surface area contributed by atoms with Crippen molar-refractivity contribution in [1.82, 2.24) is 10.2 Å². The largest absolute Gasteiger partial charge is 0.313 e. The van der Waals surface area contributed by atoms with E-state index in [2.05, 4.69) is 24.1 Å². The Bertz CT molecular complexity index is 209. The van der Waals surface area contributed by atoms with Gasteiger partial charge in [-0.1, -0.05) is 13.8 Å². The lowest BCUT2D eigenvalue weighted by molar-refractivity contribution is 0.0998. The number of nitrogens with zero attached hydrogens (tertiary/aromatic N) is 1. The number of hydrogen-bond donors (Lipinski definition) is 1. The molecule has 2 rings (SSSR count). The van der Waals surface area contributed by atoms with E-state index >= 15 is 0 Å². The minimum absolute atomic E-state index is 0.767. The van der Waals surface area contributed by atoms with E-state index < -0.39 is 0 Å². The Kier molecular flexibility index (Phi) is 5.30. The van der Waals surface area contributed by atoms with Gasteiger partial charge in [0.25, 0.3) is 0 Å². The fraction of sp³-hybridized carbons (Fsp3) is 1.00. The normalized spacial score (nSPS) is 36.0. The van der Waals surface area contributed by atoms with Gasteiger partial charge in [0, 0.05) is 18.6 Å². The molecule has 0 aromatic rings. The molecule has 1 heterocycles. The summed E-state index contributed by atoms with van der Waals surface area (Å²) >= 11 is 0. The van der Waals surface area contributed by atoms with E-state index in [-0.39, 0.29) is 0 Å². The van der Waals surface area contributed by atoms with Crippen LogP contribution in [0, 0.1) is 5.92 Å². The second kappa shape index (κ2) is 6.75. The Hall–Kier alpha value is -0.0800. The Balaban J connectivity index is 1.76. The molecule has 2 aliphatic rings.